The molecule has 0 aromatic heterocycles. The molecule has 1 atom stereocenters. The second kappa shape index (κ2) is 10.3. The summed E-state index contributed by atoms with van der Waals surface area (Å²) in [4.78, 5) is 14.7. The number of ether oxygens (including phenoxy) is 1. The summed E-state index contributed by atoms with van der Waals surface area (Å²) in [5.74, 6) is 0.910. The van der Waals surface area contributed by atoms with E-state index in [1.54, 1.807) is 31.4 Å². The molecule has 0 heterocycles. The molecule has 4 nitrogen and oxygen atoms in total. The number of methoxy groups -OCH3 is 1. The molecule has 2 aromatic carbocycles. The molecule has 5 heteroatoms. The van der Waals surface area contributed by atoms with E-state index in [0.29, 0.717) is 23.7 Å². The van der Waals surface area contributed by atoms with E-state index in [1.807, 2.05) is 12.1 Å². The number of rotatable bonds is 10. The van der Waals surface area contributed by atoms with Crippen molar-refractivity contribution in [3.05, 3.63) is 64.7 Å². The molecule has 0 amide bonds. The Bertz CT molecular complexity index is 682. The molecule has 0 saturated heterocycles. The third-order valence-electron chi connectivity index (χ3n) is 4.54. The maximum Gasteiger partial charge on any atom is 0.176 e. The molecule has 0 radical (unpaired) electrons. The minimum Gasteiger partial charge on any atom is -0.497 e. The maximum absolute atomic E-state index is 12.3. The lowest BCUT2D eigenvalue weighted by molar-refractivity contribution is 0.0987. The van der Waals surface area contributed by atoms with E-state index < -0.39 is 0 Å². The van der Waals surface area contributed by atoms with Crippen LogP contribution in [0.25, 0.3) is 0 Å². The third-order valence-corrected chi connectivity index (χ3v) is 4.80. The first kappa shape index (κ1) is 20.4. The molecule has 0 saturated carbocycles. The standard InChI is InChI=1S/C21H27ClN2O2/c1-4-24(5-2)20(16-8-12-19(26-3)13-9-16)14-23-15-21(25)17-6-10-18(22)11-7-17/h6-13,20,23H,4-5,14-15H2,1-3H3. The van der Waals surface area contributed by atoms with Gasteiger partial charge in [-0.05, 0) is 55.1 Å². The average Bonchev–Trinajstić information content (AvgIpc) is 2.68. The Morgan fingerprint density at radius 1 is 1.08 bits per heavy atom. The van der Waals surface area contributed by atoms with Gasteiger partial charge in [-0.1, -0.05) is 37.6 Å². The summed E-state index contributed by atoms with van der Waals surface area (Å²) in [6, 6.07) is 15.3. The van der Waals surface area contributed by atoms with Crippen molar-refractivity contribution in [3.63, 3.8) is 0 Å². The van der Waals surface area contributed by atoms with Gasteiger partial charge in [0.25, 0.3) is 0 Å². The van der Waals surface area contributed by atoms with Crippen LogP contribution in [-0.2, 0) is 0 Å². The lowest BCUT2D eigenvalue weighted by Gasteiger charge is -2.30. The first-order valence-electron chi connectivity index (χ1n) is 8.96. The van der Waals surface area contributed by atoms with Crippen LogP contribution in [0.2, 0.25) is 5.02 Å². The van der Waals surface area contributed by atoms with Crippen molar-refractivity contribution < 1.29 is 9.53 Å². The van der Waals surface area contributed by atoms with Crippen LogP contribution < -0.4 is 10.1 Å². The van der Waals surface area contributed by atoms with Crippen LogP contribution in [0.3, 0.4) is 0 Å². The normalized spacial score (nSPS) is 12.2. The second-order valence-corrected chi connectivity index (χ2v) is 6.51. The van der Waals surface area contributed by atoms with Crippen LogP contribution in [0.1, 0.15) is 35.8 Å². The van der Waals surface area contributed by atoms with Crippen LogP contribution in [-0.4, -0.2) is 44.0 Å². The van der Waals surface area contributed by atoms with Gasteiger partial charge in [-0.15, -0.1) is 0 Å². The number of nitrogens with zero attached hydrogens (tertiary/aromatic N) is 1. The Kier molecular flexibility index (Phi) is 8.10. The van der Waals surface area contributed by atoms with Gasteiger partial charge in [0.2, 0.25) is 0 Å². The van der Waals surface area contributed by atoms with Gasteiger partial charge in [0.05, 0.1) is 13.7 Å². The lowest BCUT2D eigenvalue weighted by Crippen LogP contribution is -2.37. The van der Waals surface area contributed by atoms with E-state index in [9.17, 15) is 4.79 Å². The number of carbonyl (C=O) groups is 1. The first-order valence-corrected chi connectivity index (χ1v) is 9.34. The maximum atomic E-state index is 12.3. The van der Waals surface area contributed by atoms with Gasteiger partial charge in [0.1, 0.15) is 5.75 Å². The van der Waals surface area contributed by atoms with E-state index in [1.165, 1.54) is 5.56 Å². The van der Waals surface area contributed by atoms with Crippen molar-refractivity contribution in [1.29, 1.82) is 0 Å². The summed E-state index contributed by atoms with van der Waals surface area (Å²) in [7, 11) is 1.67. The van der Waals surface area contributed by atoms with Crippen LogP contribution in [0.4, 0.5) is 0 Å². The molecule has 2 rings (SSSR count). The predicted octanol–water partition coefficient (Wildman–Crippen LogP) is 4.20. The van der Waals surface area contributed by atoms with Gasteiger partial charge >= 0.3 is 0 Å². The van der Waals surface area contributed by atoms with Crippen LogP contribution in [0.5, 0.6) is 5.75 Å². The molecule has 140 valence electrons. The number of halogens is 1. The molecule has 1 N–H and O–H groups in total. The fraction of sp³-hybridized carbons (Fsp3) is 0.381. The summed E-state index contributed by atoms with van der Waals surface area (Å²) in [5, 5.41) is 3.95. The van der Waals surface area contributed by atoms with Crippen molar-refractivity contribution >= 4 is 17.4 Å². The van der Waals surface area contributed by atoms with Gasteiger partial charge in [0.15, 0.2) is 5.78 Å². The summed E-state index contributed by atoms with van der Waals surface area (Å²) in [5.41, 5.74) is 1.88. The highest BCUT2D eigenvalue weighted by atomic mass is 35.5. The van der Waals surface area contributed by atoms with Gasteiger partial charge in [0, 0.05) is 23.2 Å². The number of likely N-dealkylation sites (N-methyl/N-ethyl adjacent to an activating group) is 1. The Morgan fingerprint density at radius 2 is 1.69 bits per heavy atom. The number of nitrogens with one attached hydrogen (secondary N) is 1. The summed E-state index contributed by atoms with van der Waals surface area (Å²) in [6.45, 7) is 7.20. The number of hydrogen-bond acceptors (Lipinski definition) is 4. The Hall–Kier alpha value is -1.88. The van der Waals surface area contributed by atoms with E-state index >= 15 is 0 Å². The van der Waals surface area contributed by atoms with E-state index in [4.69, 9.17) is 16.3 Å². The van der Waals surface area contributed by atoms with Crippen molar-refractivity contribution in [2.75, 3.05) is 33.3 Å². The largest absolute Gasteiger partial charge is 0.497 e. The third kappa shape index (κ3) is 5.56. The number of Topliss-reactive ketones (excluding diaryl/α,β-unsaturated/α-hetero) is 1. The molecule has 0 spiro atoms. The van der Waals surface area contributed by atoms with Crippen LogP contribution in [0, 0.1) is 0 Å². The van der Waals surface area contributed by atoms with Crippen molar-refractivity contribution in [2.24, 2.45) is 0 Å². The highest BCUT2D eigenvalue weighted by Gasteiger charge is 2.18. The smallest absolute Gasteiger partial charge is 0.176 e. The van der Waals surface area contributed by atoms with Crippen molar-refractivity contribution in [1.82, 2.24) is 10.2 Å². The molecular formula is C21H27ClN2O2. The van der Waals surface area contributed by atoms with Gasteiger partial charge in [-0.25, -0.2) is 0 Å². The molecule has 0 fully saturated rings. The monoisotopic (exact) mass is 374 g/mol. The molecule has 26 heavy (non-hydrogen) atoms. The molecule has 1 unspecified atom stereocenters. The fourth-order valence-electron chi connectivity index (χ4n) is 3.01. The van der Waals surface area contributed by atoms with Crippen molar-refractivity contribution in [3.8, 4) is 5.75 Å². The number of ketones is 1. The zero-order chi connectivity index (χ0) is 18.9. The molecule has 0 bridgehead atoms. The highest BCUT2D eigenvalue weighted by Crippen LogP contribution is 2.22. The molecule has 0 aliphatic carbocycles. The first-order chi connectivity index (χ1) is 12.6. The topological polar surface area (TPSA) is 41.6 Å². The number of benzene rings is 2. The van der Waals surface area contributed by atoms with E-state index in [2.05, 4.69) is 36.2 Å². The summed E-state index contributed by atoms with van der Waals surface area (Å²) < 4.78 is 5.25. The van der Waals surface area contributed by atoms with Crippen LogP contribution in [0.15, 0.2) is 48.5 Å². The molecule has 0 aliphatic heterocycles. The second-order valence-electron chi connectivity index (χ2n) is 6.07. The summed E-state index contributed by atoms with van der Waals surface area (Å²) >= 11 is 5.88. The van der Waals surface area contributed by atoms with Gasteiger partial charge in [-0.3, -0.25) is 9.69 Å². The van der Waals surface area contributed by atoms with E-state index in [-0.39, 0.29) is 11.8 Å². The quantitative estimate of drug-likeness (QED) is 0.633. The molecule has 0 aliphatic rings. The van der Waals surface area contributed by atoms with Crippen LogP contribution >= 0.6 is 11.6 Å². The fourth-order valence-corrected chi connectivity index (χ4v) is 3.13. The van der Waals surface area contributed by atoms with Gasteiger partial charge in [-0.2, -0.15) is 0 Å². The lowest BCUT2D eigenvalue weighted by atomic mass is 10.0. The predicted molar refractivity (Wildman–Crippen MR) is 107 cm³/mol. The SMILES string of the molecule is CCN(CC)C(CNCC(=O)c1ccc(Cl)cc1)c1ccc(OC)cc1. The van der Waals surface area contributed by atoms with E-state index in [0.717, 1.165) is 18.8 Å². The number of hydrogen-bond donors (Lipinski definition) is 1. The van der Waals surface area contributed by atoms with Gasteiger partial charge < -0.3 is 10.1 Å². The molecule has 2 aromatic rings. The zero-order valence-corrected chi connectivity index (χ0v) is 16.4. The molecular weight excluding hydrogens is 348 g/mol. The Morgan fingerprint density at radius 3 is 2.23 bits per heavy atom. The minimum absolute atomic E-state index is 0.0645. The summed E-state index contributed by atoms with van der Waals surface area (Å²) in [6.07, 6.45) is 0. The highest BCUT2D eigenvalue weighted by molar-refractivity contribution is 6.30. The Labute approximate surface area is 161 Å². The van der Waals surface area contributed by atoms with Crippen molar-refractivity contribution in [2.45, 2.75) is 19.9 Å². The Balaban J connectivity index is 2.02. The minimum atomic E-state index is 0.0645. The zero-order valence-electron chi connectivity index (χ0n) is 15.7. The average molecular weight is 375 g/mol. The number of carbonyl (C=O) groups excluding carboxylic acids is 1.